The Bertz CT molecular complexity index is 859. The molecule has 1 heterocycles. The first-order valence-corrected chi connectivity index (χ1v) is 8.02. The Labute approximate surface area is 139 Å². The molecule has 2 N–H and O–H groups in total. The van der Waals surface area contributed by atoms with E-state index >= 15 is 0 Å². The fourth-order valence-electron chi connectivity index (χ4n) is 3.35. The molecule has 1 amide bonds. The first-order valence-electron chi connectivity index (χ1n) is 8.02. The molecule has 0 bridgehead atoms. The van der Waals surface area contributed by atoms with E-state index in [9.17, 15) is 4.79 Å². The highest BCUT2D eigenvalue weighted by Crippen LogP contribution is 2.35. The van der Waals surface area contributed by atoms with Crippen molar-refractivity contribution in [2.24, 2.45) is 0 Å². The maximum absolute atomic E-state index is 12.5. The number of nitrogens with one attached hydrogen (secondary N) is 2. The number of benzene rings is 2. The SMILES string of the molecule is O=C(C[C@H]1CCc2ccccc21)Nc1ccccc1-c1nn[nH]n1. The Hall–Kier alpha value is -3.02. The fourth-order valence-corrected chi connectivity index (χ4v) is 3.35. The molecule has 0 saturated heterocycles. The summed E-state index contributed by atoms with van der Waals surface area (Å²) in [6.45, 7) is 0. The molecule has 0 saturated carbocycles. The number of aromatic amines is 1. The van der Waals surface area contributed by atoms with Crippen LogP contribution in [0.4, 0.5) is 5.69 Å². The molecule has 24 heavy (non-hydrogen) atoms. The number of hydrogen-bond donors (Lipinski definition) is 2. The van der Waals surface area contributed by atoms with Crippen molar-refractivity contribution in [3.8, 4) is 11.4 Å². The average Bonchev–Trinajstić information content (AvgIpc) is 3.26. The van der Waals surface area contributed by atoms with Gasteiger partial charge in [0.1, 0.15) is 0 Å². The minimum Gasteiger partial charge on any atom is -0.325 e. The van der Waals surface area contributed by atoms with Gasteiger partial charge in [0, 0.05) is 12.0 Å². The lowest BCUT2D eigenvalue weighted by molar-refractivity contribution is -0.116. The van der Waals surface area contributed by atoms with Crippen molar-refractivity contribution < 1.29 is 4.79 Å². The van der Waals surface area contributed by atoms with Crippen LogP contribution in [0, 0.1) is 0 Å². The zero-order valence-electron chi connectivity index (χ0n) is 13.1. The van der Waals surface area contributed by atoms with Crippen LogP contribution in [0.2, 0.25) is 0 Å². The molecule has 0 unspecified atom stereocenters. The predicted octanol–water partition coefficient (Wildman–Crippen LogP) is 2.93. The van der Waals surface area contributed by atoms with E-state index in [2.05, 4.69) is 44.1 Å². The highest BCUT2D eigenvalue weighted by molar-refractivity contribution is 5.95. The topological polar surface area (TPSA) is 83.6 Å². The van der Waals surface area contributed by atoms with Crippen molar-refractivity contribution in [3.05, 3.63) is 59.7 Å². The minimum absolute atomic E-state index is 0.00708. The number of carbonyl (C=O) groups is 1. The van der Waals surface area contributed by atoms with Gasteiger partial charge in [-0.05, 0) is 47.2 Å². The molecule has 120 valence electrons. The summed E-state index contributed by atoms with van der Waals surface area (Å²) in [4.78, 5) is 12.5. The van der Waals surface area contributed by atoms with Crippen molar-refractivity contribution in [2.45, 2.75) is 25.2 Å². The number of anilines is 1. The standard InChI is InChI=1S/C18H17N5O/c24-17(11-13-10-9-12-5-1-2-6-14(12)13)19-16-8-4-3-7-15(16)18-20-22-23-21-18/h1-8,13H,9-11H2,(H,19,24)(H,20,21,22,23)/t13-/m1/s1. The molecular formula is C18H17N5O. The van der Waals surface area contributed by atoms with E-state index in [0.717, 1.165) is 18.4 Å². The molecule has 0 aliphatic heterocycles. The van der Waals surface area contributed by atoms with Crippen LogP contribution in [-0.2, 0) is 11.2 Å². The maximum Gasteiger partial charge on any atom is 0.225 e. The van der Waals surface area contributed by atoms with Crippen molar-refractivity contribution >= 4 is 11.6 Å². The summed E-state index contributed by atoms with van der Waals surface area (Å²) in [5, 5.41) is 17.0. The van der Waals surface area contributed by atoms with Gasteiger partial charge in [-0.2, -0.15) is 5.21 Å². The molecule has 1 aliphatic rings. The van der Waals surface area contributed by atoms with E-state index < -0.39 is 0 Å². The van der Waals surface area contributed by atoms with E-state index in [0.29, 0.717) is 23.9 Å². The van der Waals surface area contributed by atoms with E-state index in [1.807, 2.05) is 30.3 Å². The van der Waals surface area contributed by atoms with Crippen LogP contribution in [0.3, 0.4) is 0 Å². The summed E-state index contributed by atoms with van der Waals surface area (Å²) >= 11 is 0. The number of hydrogen-bond acceptors (Lipinski definition) is 4. The van der Waals surface area contributed by atoms with Crippen molar-refractivity contribution in [1.29, 1.82) is 0 Å². The van der Waals surface area contributed by atoms with E-state index in [-0.39, 0.29) is 5.91 Å². The molecule has 6 nitrogen and oxygen atoms in total. The predicted molar refractivity (Wildman–Crippen MR) is 90.4 cm³/mol. The monoisotopic (exact) mass is 319 g/mol. The van der Waals surface area contributed by atoms with Gasteiger partial charge in [0.2, 0.25) is 11.7 Å². The van der Waals surface area contributed by atoms with Gasteiger partial charge in [-0.25, -0.2) is 0 Å². The summed E-state index contributed by atoms with van der Waals surface area (Å²) in [5.74, 6) is 0.767. The number of nitrogens with zero attached hydrogens (tertiary/aromatic N) is 3. The number of H-pyrrole nitrogens is 1. The third kappa shape index (κ3) is 2.78. The van der Waals surface area contributed by atoms with E-state index in [1.54, 1.807) is 0 Å². The number of para-hydroxylation sites is 1. The number of aromatic nitrogens is 4. The van der Waals surface area contributed by atoms with Gasteiger partial charge >= 0.3 is 0 Å². The van der Waals surface area contributed by atoms with Gasteiger partial charge in [-0.3, -0.25) is 4.79 Å². The normalized spacial score (nSPS) is 15.9. The van der Waals surface area contributed by atoms with Crippen LogP contribution in [0.15, 0.2) is 48.5 Å². The van der Waals surface area contributed by atoms with Gasteiger partial charge in [-0.15, -0.1) is 10.2 Å². The number of rotatable bonds is 4. The second-order valence-electron chi connectivity index (χ2n) is 5.97. The van der Waals surface area contributed by atoms with Crippen LogP contribution in [0.25, 0.3) is 11.4 Å². The summed E-state index contributed by atoms with van der Waals surface area (Å²) in [6.07, 6.45) is 2.56. The van der Waals surface area contributed by atoms with E-state index in [4.69, 9.17) is 0 Å². The zero-order valence-corrected chi connectivity index (χ0v) is 13.1. The van der Waals surface area contributed by atoms with Gasteiger partial charge in [0.05, 0.1) is 5.69 Å². The lowest BCUT2D eigenvalue weighted by Gasteiger charge is -2.13. The first-order chi connectivity index (χ1) is 11.8. The van der Waals surface area contributed by atoms with Gasteiger partial charge < -0.3 is 5.32 Å². The van der Waals surface area contributed by atoms with Crippen LogP contribution in [0.1, 0.15) is 29.9 Å². The Morgan fingerprint density at radius 2 is 2.00 bits per heavy atom. The molecular weight excluding hydrogens is 302 g/mol. The fraction of sp³-hybridized carbons (Fsp3) is 0.222. The third-order valence-corrected chi connectivity index (χ3v) is 4.48. The van der Waals surface area contributed by atoms with Gasteiger partial charge in [0.25, 0.3) is 0 Å². The quantitative estimate of drug-likeness (QED) is 0.774. The van der Waals surface area contributed by atoms with Crippen molar-refractivity contribution in [3.63, 3.8) is 0 Å². The highest BCUT2D eigenvalue weighted by atomic mass is 16.1. The summed E-state index contributed by atoms with van der Waals surface area (Å²) in [5.41, 5.74) is 4.13. The lowest BCUT2D eigenvalue weighted by Crippen LogP contribution is -2.15. The zero-order chi connectivity index (χ0) is 16.4. The van der Waals surface area contributed by atoms with Gasteiger partial charge in [0.15, 0.2) is 0 Å². The number of aryl methyl sites for hydroxylation is 1. The number of carbonyl (C=O) groups excluding carboxylic acids is 1. The molecule has 0 fully saturated rings. The Balaban J connectivity index is 1.50. The largest absolute Gasteiger partial charge is 0.325 e. The second-order valence-corrected chi connectivity index (χ2v) is 5.97. The van der Waals surface area contributed by atoms with Crippen LogP contribution in [-0.4, -0.2) is 26.5 Å². The van der Waals surface area contributed by atoms with Crippen molar-refractivity contribution in [1.82, 2.24) is 20.6 Å². The van der Waals surface area contributed by atoms with Gasteiger partial charge in [-0.1, -0.05) is 36.4 Å². The number of amides is 1. The lowest BCUT2D eigenvalue weighted by atomic mass is 9.97. The molecule has 1 aliphatic carbocycles. The molecule has 4 rings (SSSR count). The second kappa shape index (κ2) is 6.23. The Morgan fingerprint density at radius 3 is 2.88 bits per heavy atom. The molecule has 2 aromatic carbocycles. The Kier molecular flexibility index (Phi) is 3.78. The molecule has 6 heteroatoms. The first kappa shape index (κ1) is 14.6. The summed E-state index contributed by atoms with van der Waals surface area (Å²) in [6, 6.07) is 15.9. The minimum atomic E-state index is 0.00708. The third-order valence-electron chi connectivity index (χ3n) is 4.48. The van der Waals surface area contributed by atoms with Crippen LogP contribution >= 0.6 is 0 Å². The summed E-state index contributed by atoms with van der Waals surface area (Å²) < 4.78 is 0. The smallest absolute Gasteiger partial charge is 0.225 e. The van der Waals surface area contributed by atoms with E-state index in [1.165, 1.54) is 11.1 Å². The summed E-state index contributed by atoms with van der Waals surface area (Å²) in [7, 11) is 0. The Morgan fingerprint density at radius 1 is 1.17 bits per heavy atom. The molecule has 1 aromatic heterocycles. The maximum atomic E-state index is 12.5. The average molecular weight is 319 g/mol. The highest BCUT2D eigenvalue weighted by Gasteiger charge is 2.24. The molecule has 0 radical (unpaired) electrons. The molecule has 1 atom stereocenters. The van der Waals surface area contributed by atoms with Crippen LogP contribution in [0.5, 0.6) is 0 Å². The number of tetrazole rings is 1. The van der Waals surface area contributed by atoms with Crippen LogP contribution < -0.4 is 5.32 Å². The molecule has 0 spiro atoms. The van der Waals surface area contributed by atoms with Crippen molar-refractivity contribution in [2.75, 3.05) is 5.32 Å². The molecule has 3 aromatic rings. The number of fused-ring (bicyclic) bond motifs is 1.